The van der Waals surface area contributed by atoms with E-state index in [2.05, 4.69) is 10.3 Å². The lowest BCUT2D eigenvalue weighted by atomic mass is 10.0. The second-order valence-electron chi connectivity index (χ2n) is 6.13. The normalized spacial score (nSPS) is 16.9. The number of furan rings is 1. The highest BCUT2D eigenvalue weighted by Gasteiger charge is 2.35. The molecule has 0 spiro atoms. The first-order valence-corrected chi connectivity index (χ1v) is 9.08. The van der Waals surface area contributed by atoms with Gasteiger partial charge in [0.1, 0.15) is 17.6 Å². The summed E-state index contributed by atoms with van der Waals surface area (Å²) >= 11 is 5.96. The number of methoxy groups -OCH3 is 1. The van der Waals surface area contributed by atoms with Gasteiger partial charge in [0, 0.05) is 25.0 Å². The Morgan fingerprint density at radius 1 is 1.39 bits per heavy atom. The van der Waals surface area contributed by atoms with Crippen molar-refractivity contribution in [2.75, 3.05) is 20.3 Å². The quantitative estimate of drug-likeness (QED) is 0.414. The summed E-state index contributed by atoms with van der Waals surface area (Å²) in [5.41, 5.74) is 7.33. The third-order valence-corrected chi connectivity index (χ3v) is 4.40. The summed E-state index contributed by atoms with van der Waals surface area (Å²) in [5, 5.41) is 10.2. The SMILES string of the molecule is COCCC(N)=NOCC(=O)N1N=C(c2ccc(Cl)cc2)CC1c1ccco1. The molecule has 0 bridgehead atoms. The van der Waals surface area contributed by atoms with Gasteiger partial charge >= 0.3 is 0 Å². The number of hydrazone groups is 1. The Morgan fingerprint density at radius 3 is 2.86 bits per heavy atom. The number of benzene rings is 1. The molecular formula is C19H21ClN4O4. The highest BCUT2D eigenvalue weighted by molar-refractivity contribution is 6.30. The molecule has 8 nitrogen and oxygen atoms in total. The van der Waals surface area contributed by atoms with Gasteiger partial charge in [-0.2, -0.15) is 5.10 Å². The molecule has 1 aliphatic rings. The van der Waals surface area contributed by atoms with Crippen LogP contribution in [-0.4, -0.2) is 42.8 Å². The first-order valence-electron chi connectivity index (χ1n) is 8.70. The van der Waals surface area contributed by atoms with E-state index < -0.39 is 0 Å². The molecule has 28 heavy (non-hydrogen) atoms. The Labute approximate surface area is 167 Å². The molecule has 0 aliphatic carbocycles. The Morgan fingerprint density at radius 2 is 2.18 bits per heavy atom. The van der Waals surface area contributed by atoms with Crippen LogP contribution in [0.25, 0.3) is 0 Å². The minimum Gasteiger partial charge on any atom is -0.467 e. The number of nitrogens with two attached hydrogens (primary N) is 1. The van der Waals surface area contributed by atoms with Gasteiger partial charge in [0.05, 0.1) is 18.6 Å². The van der Waals surface area contributed by atoms with E-state index >= 15 is 0 Å². The van der Waals surface area contributed by atoms with E-state index in [0.29, 0.717) is 30.2 Å². The van der Waals surface area contributed by atoms with E-state index in [1.807, 2.05) is 18.2 Å². The molecule has 1 aromatic carbocycles. The first kappa shape index (κ1) is 19.9. The highest BCUT2D eigenvalue weighted by Crippen LogP contribution is 2.33. The smallest absolute Gasteiger partial charge is 0.284 e. The highest BCUT2D eigenvalue weighted by atomic mass is 35.5. The molecule has 0 saturated carbocycles. The fourth-order valence-electron chi connectivity index (χ4n) is 2.75. The lowest BCUT2D eigenvalue weighted by Gasteiger charge is -2.19. The average molecular weight is 405 g/mol. The molecular weight excluding hydrogens is 384 g/mol. The molecule has 2 aromatic rings. The molecule has 2 N–H and O–H groups in total. The van der Waals surface area contributed by atoms with Gasteiger partial charge in [-0.25, -0.2) is 5.01 Å². The van der Waals surface area contributed by atoms with Gasteiger partial charge < -0.3 is 19.7 Å². The summed E-state index contributed by atoms with van der Waals surface area (Å²) in [6.45, 7) is 0.135. The van der Waals surface area contributed by atoms with E-state index in [0.717, 1.165) is 11.3 Å². The van der Waals surface area contributed by atoms with Gasteiger partial charge in [-0.3, -0.25) is 4.79 Å². The predicted molar refractivity (Wildman–Crippen MR) is 105 cm³/mol. The topological polar surface area (TPSA) is 103 Å². The van der Waals surface area contributed by atoms with Crippen LogP contribution in [0, 0.1) is 0 Å². The van der Waals surface area contributed by atoms with Crippen molar-refractivity contribution >= 4 is 29.1 Å². The standard InChI is InChI=1S/C19H21ClN4O4/c1-26-10-8-18(21)23-28-12-19(25)24-16(17-3-2-9-27-17)11-15(22-24)13-4-6-14(20)7-5-13/h2-7,9,16H,8,10-12H2,1H3,(H2,21,23). The van der Waals surface area contributed by atoms with Crippen molar-refractivity contribution in [3.8, 4) is 0 Å². The zero-order valence-electron chi connectivity index (χ0n) is 15.4. The molecule has 1 atom stereocenters. The van der Waals surface area contributed by atoms with Crippen molar-refractivity contribution in [2.45, 2.75) is 18.9 Å². The second-order valence-corrected chi connectivity index (χ2v) is 6.56. The number of hydrogen-bond donors (Lipinski definition) is 1. The van der Waals surface area contributed by atoms with Crippen LogP contribution in [0.3, 0.4) is 0 Å². The molecule has 1 amide bonds. The summed E-state index contributed by atoms with van der Waals surface area (Å²) in [5.74, 6) is 0.543. The Bertz CT molecular complexity index is 849. The maximum atomic E-state index is 12.7. The number of carbonyl (C=O) groups excluding carboxylic acids is 1. The molecule has 1 aliphatic heterocycles. The summed E-state index contributed by atoms with van der Waals surface area (Å²) in [6.07, 6.45) is 2.50. The maximum absolute atomic E-state index is 12.7. The van der Waals surface area contributed by atoms with Gasteiger partial charge in [0.25, 0.3) is 5.91 Å². The number of nitrogens with zero attached hydrogens (tertiary/aromatic N) is 3. The largest absolute Gasteiger partial charge is 0.467 e. The number of amides is 1. The van der Waals surface area contributed by atoms with Crippen LogP contribution >= 0.6 is 11.6 Å². The van der Waals surface area contributed by atoms with E-state index in [1.54, 1.807) is 31.6 Å². The van der Waals surface area contributed by atoms with E-state index in [1.165, 1.54) is 5.01 Å². The minimum absolute atomic E-state index is 0.254. The van der Waals surface area contributed by atoms with Crippen LogP contribution in [0.5, 0.6) is 0 Å². The minimum atomic E-state index is -0.355. The van der Waals surface area contributed by atoms with Gasteiger partial charge in [-0.1, -0.05) is 28.9 Å². The third-order valence-electron chi connectivity index (χ3n) is 4.15. The predicted octanol–water partition coefficient (Wildman–Crippen LogP) is 2.94. The van der Waals surface area contributed by atoms with Crippen molar-refractivity contribution in [3.05, 3.63) is 59.0 Å². The van der Waals surface area contributed by atoms with Crippen molar-refractivity contribution in [2.24, 2.45) is 16.0 Å². The number of hydrogen-bond acceptors (Lipinski definition) is 6. The Hall–Kier alpha value is -2.84. The zero-order valence-corrected chi connectivity index (χ0v) is 16.1. The summed E-state index contributed by atoms with van der Waals surface area (Å²) in [4.78, 5) is 17.8. The number of oxime groups is 1. The number of ether oxygens (including phenoxy) is 1. The molecule has 9 heteroatoms. The van der Waals surface area contributed by atoms with Crippen LogP contribution in [0.4, 0.5) is 0 Å². The fraction of sp³-hybridized carbons (Fsp3) is 0.316. The molecule has 1 unspecified atom stereocenters. The van der Waals surface area contributed by atoms with Crippen LogP contribution in [0.15, 0.2) is 57.3 Å². The van der Waals surface area contributed by atoms with Gasteiger partial charge in [-0.15, -0.1) is 0 Å². The van der Waals surface area contributed by atoms with E-state index in [9.17, 15) is 4.79 Å². The molecule has 3 rings (SSSR count). The van der Waals surface area contributed by atoms with Crippen molar-refractivity contribution in [1.29, 1.82) is 0 Å². The summed E-state index contributed by atoms with van der Waals surface area (Å²) < 4.78 is 10.4. The van der Waals surface area contributed by atoms with Gasteiger partial charge in [0.15, 0.2) is 6.61 Å². The number of halogens is 1. The zero-order chi connectivity index (χ0) is 19.9. The fourth-order valence-corrected chi connectivity index (χ4v) is 2.87. The average Bonchev–Trinajstić information content (AvgIpc) is 3.36. The van der Waals surface area contributed by atoms with E-state index in [-0.39, 0.29) is 24.4 Å². The molecule has 0 radical (unpaired) electrons. The Balaban J connectivity index is 1.72. The van der Waals surface area contributed by atoms with E-state index in [4.69, 9.17) is 31.3 Å². The number of amidine groups is 1. The van der Waals surface area contributed by atoms with Crippen LogP contribution in [0.2, 0.25) is 5.02 Å². The lowest BCUT2D eigenvalue weighted by molar-refractivity contribution is -0.138. The molecule has 2 heterocycles. The van der Waals surface area contributed by atoms with Gasteiger partial charge in [-0.05, 0) is 29.8 Å². The van der Waals surface area contributed by atoms with Crippen LogP contribution in [-0.2, 0) is 14.4 Å². The molecule has 0 fully saturated rings. The summed E-state index contributed by atoms with van der Waals surface area (Å²) in [6, 6.07) is 10.5. The number of rotatable bonds is 8. The summed E-state index contributed by atoms with van der Waals surface area (Å²) in [7, 11) is 1.57. The lowest BCUT2D eigenvalue weighted by Crippen LogP contribution is -2.30. The van der Waals surface area contributed by atoms with Crippen molar-refractivity contribution < 1.29 is 18.8 Å². The van der Waals surface area contributed by atoms with Crippen LogP contribution in [0.1, 0.15) is 30.2 Å². The van der Waals surface area contributed by atoms with Crippen LogP contribution < -0.4 is 5.73 Å². The monoisotopic (exact) mass is 404 g/mol. The Kier molecular flexibility index (Phi) is 6.67. The second kappa shape index (κ2) is 9.38. The molecule has 148 valence electrons. The maximum Gasteiger partial charge on any atom is 0.284 e. The van der Waals surface area contributed by atoms with Gasteiger partial charge in [0.2, 0.25) is 0 Å². The number of carbonyl (C=O) groups is 1. The third kappa shape index (κ3) is 4.90. The first-order chi connectivity index (χ1) is 13.6. The molecule has 0 saturated heterocycles. The molecule has 1 aromatic heterocycles. The van der Waals surface area contributed by atoms with Crippen molar-refractivity contribution in [1.82, 2.24) is 5.01 Å². The van der Waals surface area contributed by atoms with Crippen molar-refractivity contribution in [3.63, 3.8) is 0 Å².